The predicted molar refractivity (Wildman–Crippen MR) is 88.9 cm³/mol. The molecule has 0 aliphatic carbocycles. The molecule has 3 aromatic rings. The van der Waals surface area contributed by atoms with E-state index in [1.165, 1.54) is 17.5 Å². The van der Waals surface area contributed by atoms with Crippen molar-refractivity contribution in [2.75, 3.05) is 5.75 Å². The van der Waals surface area contributed by atoms with Gasteiger partial charge in [-0.2, -0.15) is 0 Å². The second kappa shape index (κ2) is 6.02. The fourth-order valence-electron chi connectivity index (χ4n) is 2.59. The maximum Gasteiger partial charge on any atom is 0.211 e. The Hall–Kier alpha value is -1.62. The lowest BCUT2D eigenvalue weighted by molar-refractivity contribution is 0.656. The zero-order chi connectivity index (χ0) is 14.8. The summed E-state index contributed by atoms with van der Waals surface area (Å²) >= 11 is 1.64. The van der Waals surface area contributed by atoms with Gasteiger partial charge in [-0.15, -0.1) is 10.2 Å². The van der Waals surface area contributed by atoms with Crippen molar-refractivity contribution in [1.29, 1.82) is 0 Å². The van der Waals surface area contributed by atoms with Gasteiger partial charge in [0.25, 0.3) is 0 Å². The average molecular weight is 300 g/mol. The molecule has 0 N–H and O–H groups in total. The molecule has 0 saturated heterocycles. The Labute approximate surface area is 129 Å². The number of nitrogens with zero attached hydrogens (tertiary/aromatic N) is 4. The quantitative estimate of drug-likeness (QED) is 0.662. The first-order valence-electron chi connectivity index (χ1n) is 7.50. The molecule has 0 atom stereocenters. The van der Waals surface area contributed by atoms with E-state index in [2.05, 4.69) is 53.7 Å². The molecule has 0 spiro atoms. The first-order valence-corrected chi connectivity index (χ1v) is 8.49. The number of aromatic nitrogens is 4. The Morgan fingerprint density at radius 1 is 1.19 bits per heavy atom. The minimum atomic E-state index is 0.766. The molecule has 5 heteroatoms. The van der Waals surface area contributed by atoms with Gasteiger partial charge in [-0.25, -0.2) is 4.98 Å². The number of hydrogen-bond donors (Lipinski definition) is 0. The lowest BCUT2D eigenvalue weighted by atomic mass is 10.2. The van der Waals surface area contributed by atoms with Gasteiger partial charge in [0.2, 0.25) is 5.16 Å². The average Bonchev–Trinajstić information content (AvgIpc) is 2.78. The zero-order valence-electron chi connectivity index (χ0n) is 12.8. The third-order valence-corrected chi connectivity index (χ3v) is 4.33. The topological polar surface area (TPSA) is 43.6 Å². The summed E-state index contributed by atoms with van der Waals surface area (Å²) in [4.78, 5) is 4.74. The van der Waals surface area contributed by atoms with Crippen molar-refractivity contribution in [3.05, 3.63) is 23.8 Å². The normalized spacial score (nSPS) is 11.6. The SMILES string of the molecule is CCCCn1c2ccc(C)cc2c2nnc(SCC)nc21. The Bertz CT molecular complexity index is 779. The lowest BCUT2D eigenvalue weighted by Crippen LogP contribution is -2.00. The van der Waals surface area contributed by atoms with E-state index in [4.69, 9.17) is 4.98 Å². The van der Waals surface area contributed by atoms with E-state index in [0.717, 1.165) is 40.4 Å². The van der Waals surface area contributed by atoms with Gasteiger partial charge >= 0.3 is 0 Å². The van der Waals surface area contributed by atoms with Crippen LogP contribution in [-0.4, -0.2) is 25.5 Å². The maximum absolute atomic E-state index is 4.74. The smallest absolute Gasteiger partial charge is 0.211 e. The van der Waals surface area contributed by atoms with Crippen LogP contribution in [0.1, 0.15) is 32.3 Å². The summed E-state index contributed by atoms with van der Waals surface area (Å²) < 4.78 is 2.29. The van der Waals surface area contributed by atoms with Gasteiger partial charge in [-0.05, 0) is 31.2 Å². The van der Waals surface area contributed by atoms with Crippen LogP contribution < -0.4 is 0 Å². The highest BCUT2D eigenvalue weighted by molar-refractivity contribution is 7.99. The highest BCUT2D eigenvalue weighted by atomic mass is 32.2. The second-order valence-corrected chi connectivity index (χ2v) is 6.46. The fraction of sp³-hybridized carbons (Fsp3) is 0.438. The predicted octanol–water partition coefficient (Wildman–Crippen LogP) is 4.20. The molecule has 0 saturated carbocycles. The molecule has 0 bridgehead atoms. The van der Waals surface area contributed by atoms with E-state index in [-0.39, 0.29) is 0 Å². The monoisotopic (exact) mass is 300 g/mol. The highest BCUT2D eigenvalue weighted by Crippen LogP contribution is 2.28. The van der Waals surface area contributed by atoms with Crippen LogP contribution in [-0.2, 0) is 6.54 Å². The van der Waals surface area contributed by atoms with Gasteiger partial charge in [-0.1, -0.05) is 43.7 Å². The number of unbranched alkanes of at least 4 members (excludes halogenated alkanes) is 1. The summed E-state index contributed by atoms with van der Waals surface area (Å²) in [5.74, 6) is 0.960. The summed E-state index contributed by atoms with van der Waals surface area (Å²) in [6.45, 7) is 7.41. The van der Waals surface area contributed by atoms with Crippen LogP contribution in [0.25, 0.3) is 22.1 Å². The van der Waals surface area contributed by atoms with E-state index < -0.39 is 0 Å². The zero-order valence-corrected chi connectivity index (χ0v) is 13.6. The molecular weight excluding hydrogens is 280 g/mol. The van der Waals surface area contributed by atoms with Gasteiger partial charge < -0.3 is 4.57 Å². The van der Waals surface area contributed by atoms with Crippen molar-refractivity contribution < 1.29 is 0 Å². The molecule has 110 valence electrons. The molecule has 4 nitrogen and oxygen atoms in total. The van der Waals surface area contributed by atoms with Crippen LogP contribution in [0, 0.1) is 6.92 Å². The Morgan fingerprint density at radius 2 is 2.05 bits per heavy atom. The summed E-state index contributed by atoms with van der Waals surface area (Å²) in [6, 6.07) is 6.51. The number of thioether (sulfide) groups is 1. The van der Waals surface area contributed by atoms with E-state index in [0.29, 0.717) is 0 Å². The van der Waals surface area contributed by atoms with Crippen molar-refractivity contribution >= 4 is 33.8 Å². The molecule has 0 aliphatic rings. The molecule has 1 aromatic carbocycles. The number of benzene rings is 1. The highest BCUT2D eigenvalue weighted by Gasteiger charge is 2.14. The Morgan fingerprint density at radius 3 is 2.81 bits per heavy atom. The molecule has 0 amide bonds. The van der Waals surface area contributed by atoms with E-state index in [1.54, 1.807) is 11.8 Å². The molecule has 2 heterocycles. The van der Waals surface area contributed by atoms with Crippen LogP contribution in [0.4, 0.5) is 0 Å². The van der Waals surface area contributed by atoms with Crippen molar-refractivity contribution in [2.24, 2.45) is 0 Å². The number of fused-ring (bicyclic) bond motifs is 3. The lowest BCUT2D eigenvalue weighted by Gasteiger charge is -2.05. The van der Waals surface area contributed by atoms with Crippen LogP contribution in [0.15, 0.2) is 23.4 Å². The van der Waals surface area contributed by atoms with Gasteiger partial charge in [0.1, 0.15) is 5.52 Å². The Balaban J connectivity index is 2.27. The Kier molecular flexibility index (Phi) is 4.10. The third-order valence-electron chi connectivity index (χ3n) is 3.61. The van der Waals surface area contributed by atoms with Gasteiger partial charge in [0.15, 0.2) is 5.65 Å². The van der Waals surface area contributed by atoms with Crippen LogP contribution in [0.2, 0.25) is 0 Å². The summed E-state index contributed by atoms with van der Waals surface area (Å²) in [5, 5.41) is 10.6. The molecule has 2 aromatic heterocycles. The minimum absolute atomic E-state index is 0.766. The minimum Gasteiger partial charge on any atom is -0.324 e. The second-order valence-electron chi connectivity index (χ2n) is 5.23. The summed E-state index contributed by atoms with van der Waals surface area (Å²) in [6.07, 6.45) is 2.31. The van der Waals surface area contributed by atoms with Crippen molar-refractivity contribution in [1.82, 2.24) is 19.7 Å². The van der Waals surface area contributed by atoms with Crippen molar-refractivity contribution in [2.45, 2.75) is 45.3 Å². The fourth-order valence-corrected chi connectivity index (χ4v) is 3.10. The van der Waals surface area contributed by atoms with Crippen molar-refractivity contribution in [3.63, 3.8) is 0 Å². The van der Waals surface area contributed by atoms with Crippen LogP contribution >= 0.6 is 11.8 Å². The molecule has 0 fully saturated rings. The van der Waals surface area contributed by atoms with Gasteiger partial charge in [-0.3, -0.25) is 0 Å². The number of hydrogen-bond acceptors (Lipinski definition) is 4. The standard InChI is InChI=1S/C16H20N4S/c1-4-6-9-20-13-8-7-11(3)10-12(13)14-15(20)17-16(19-18-14)21-5-2/h7-8,10H,4-6,9H2,1-3H3. The molecule has 21 heavy (non-hydrogen) atoms. The van der Waals surface area contributed by atoms with E-state index in [1.807, 2.05) is 0 Å². The van der Waals surface area contributed by atoms with Gasteiger partial charge in [0, 0.05) is 11.9 Å². The van der Waals surface area contributed by atoms with E-state index in [9.17, 15) is 0 Å². The molecular formula is C16H20N4S. The van der Waals surface area contributed by atoms with Crippen LogP contribution in [0.5, 0.6) is 0 Å². The molecule has 3 rings (SSSR count). The first kappa shape index (κ1) is 14.3. The number of rotatable bonds is 5. The molecule has 0 unspecified atom stereocenters. The largest absolute Gasteiger partial charge is 0.324 e. The molecule has 0 aliphatic heterocycles. The van der Waals surface area contributed by atoms with Crippen molar-refractivity contribution in [3.8, 4) is 0 Å². The summed E-state index contributed by atoms with van der Waals surface area (Å²) in [5.41, 5.74) is 4.34. The van der Waals surface area contributed by atoms with Crippen LogP contribution in [0.3, 0.4) is 0 Å². The summed E-state index contributed by atoms with van der Waals surface area (Å²) in [7, 11) is 0. The third kappa shape index (κ3) is 2.62. The van der Waals surface area contributed by atoms with Gasteiger partial charge in [0.05, 0.1) is 5.52 Å². The molecule has 0 radical (unpaired) electrons. The maximum atomic E-state index is 4.74. The number of aryl methyl sites for hydroxylation is 2. The first-order chi connectivity index (χ1) is 10.2. The van der Waals surface area contributed by atoms with E-state index >= 15 is 0 Å².